The Hall–Kier alpha value is -0.580. The molecule has 0 radical (unpaired) electrons. The summed E-state index contributed by atoms with van der Waals surface area (Å²) in [7, 11) is 0. The van der Waals surface area contributed by atoms with Gasteiger partial charge in [-0.15, -0.1) is 0 Å². The third-order valence-electron chi connectivity index (χ3n) is 3.62. The zero-order valence-corrected chi connectivity index (χ0v) is 15.4. The molecular weight excluding hydrogens is 352 g/mol. The minimum atomic E-state index is 0.00310. The topological polar surface area (TPSA) is 23.6 Å². The third-order valence-corrected chi connectivity index (χ3v) is 4.45. The molecular formula is C16H24BrClN2O. The highest BCUT2D eigenvalue weighted by Gasteiger charge is 2.17. The maximum absolute atomic E-state index is 12.6. The van der Waals surface area contributed by atoms with Crippen molar-refractivity contribution in [1.82, 2.24) is 9.80 Å². The minimum absolute atomic E-state index is 0.00310. The van der Waals surface area contributed by atoms with Crippen LogP contribution in [-0.4, -0.2) is 48.4 Å². The summed E-state index contributed by atoms with van der Waals surface area (Å²) in [5, 5.41) is 0.505. The van der Waals surface area contributed by atoms with Crippen molar-refractivity contribution >= 4 is 33.4 Å². The standard InChI is InChI=1S/C16H24BrClN2O/c1-4-19(5-2)10-7-11-20(6-3)16(21)14-12-13(17)8-9-15(14)18/h8-9,12H,4-7,10-11H2,1-3H3. The smallest absolute Gasteiger partial charge is 0.255 e. The first-order valence-electron chi connectivity index (χ1n) is 7.50. The summed E-state index contributed by atoms with van der Waals surface area (Å²) in [5.74, 6) is 0.00310. The van der Waals surface area contributed by atoms with Gasteiger partial charge in [-0.3, -0.25) is 4.79 Å². The van der Waals surface area contributed by atoms with Crippen molar-refractivity contribution in [1.29, 1.82) is 0 Å². The SMILES string of the molecule is CCN(CC)CCCN(CC)C(=O)c1cc(Br)ccc1Cl. The Morgan fingerprint density at radius 3 is 2.38 bits per heavy atom. The van der Waals surface area contributed by atoms with Gasteiger partial charge in [0.2, 0.25) is 0 Å². The molecule has 0 aliphatic rings. The maximum Gasteiger partial charge on any atom is 0.255 e. The van der Waals surface area contributed by atoms with Gasteiger partial charge in [0.15, 0.2) is 0 Å². The molecule has 1 rings (SSSR count). The van der Waals surface area contributed by atoms with Crippen LogP contribution < -0.4 is 0 Å². The van der Waals surface area contributed by atoms with E-state index in [-0.39, 0.29) is 5.91 Å². The number of carbonyl (C=O) groups is 1. The lowest BCUT2D eigenvalue weighted by molar-refractivity contribution is 0.0757. The van der Waals surface area contributed by atoms with Crippen LogP contribution in [-0.2, 0) is 0 Å². The number of benzene rings is 1. The van der Waals surface area contributed by atoms with Crippen LogP contribution in [0.5, 0.6) is 0 Å². The van der Waals surface area contributed by atoms with Gasteiger partial charge >= 0.3 is 0 Å². The van der Waals surface area contributed by atoms with E-state index in [0.29, 0.717) is 17.1 Å². The molecule has 1 amide bonds. The molecule has 3 nitrogen and oxygen atoms in total. The average molecular weight is 376 g/mol. The second-order valence-electron chi connectivity index (χ2n) is 4.89. The van der Waals surface area contributed by atoms with Crippen molar-refractivity contribution in [3.63, 3.8) is 0 Å². The molecule has 0 fully saturated rings. The third kappa shape index (κ3) is 5.61. The monoisotopic (exact) mass is 374 g/mol. The Bertz CT molecular complexity index is 464. The average Bonchev–Trinajstić information content (AvgIpc) is 2.49. The summed E-state index contributed by atoms with van der Waals surface area (Å²) in [6, 6.07) is 5.39. The molecule has 0 aliphatic heterocycles. The Kier molecular flexibility index (Phi) is 8.30. The van der Waals surface area contributed by atoms with Crippen LogP contribution in [0.15, 0.2) is 22.7 Å². The lowest BCUT2D eigenvalue weighted by Crippen LogP contribution is -2.34. The number of amides is 1. The number of nitrogens with zero attached hydrogens (tertiary/aromatic N) is 2. The van der Waals surface area contributed by atoms with E-state index in [9.17, 15) is 4.79 Å². The lowest BCUT2D eigenvalue weighted by Gasteiger charge is -2.24. The van der Waals surface area contributed by atoms with Crippen LogP contribution in [0.2, 0.25) is 5.02 Å². The van der Waals surface area contributed by atoms with Gasteiger partial charge in [-0.05, 0) is 51.2 Å². The van der Waals surface area contributed by atoms with Crippen LogP contribution in [0, 0.1) is 0 Å². The molecule has 0 aromatic heterocycles. The molecule has 1 aromatic rings. The first kappa shape index (κ1) is 18.5. The van der Waals surface area contributed by atoms with Crippen LogP contribution in [0.3, 0.4) is 0 Å². The van der Waals surface area contributed by atoms with Crippen molar-refractivity contribution in [2.75, 3.05) is 32.7 Å². The molecule has 21 heavy (non-hydrogen) atoms. The second kappa shape index (κ2) is 9.44. The molecule has 0 spiro atoms. The van der Waals surface area contributed by atoms with E-state index in [1.54, 1.807) is 12.1 Å². The second-order valence-corrected chi connectivity index (χ2v) is 6.21. The lowest BCUT2D eigenvalue weighted by atomic mass is 10.2. The first-order chi connectivity index (χ1) is 10.0. The Labute approximate surface area is 141 Å². The number of hydrogen-bond donors (Lipinski definition) is 0. The number of halogens is 2. The first-order valence-corrected chi connectivity index (χ1v) is 8.67. The van der Waals surface area contributed by atoms with Crippen molar-refractivity contribution in [3.05, 3.63) is 33.3 Å². The van der Waals surface area contributed by atoms with E-state index in [4.69, 9.17) is 11.6 Å². The normalized spacial score (nSPS) is 11.0. The number of carbonyl (C=O) groups excluding carboxylic acids is 1. The molecule has 0 atom stereocenters. The predicted octanol–water partition coefficient (Wildman–Crippen LogP) is 4.30. The molecule has 0 N–H and O–H groups in total. The summed E-state index contributed by atoms with van der Waals surface area (Å²) >= 11 is 9.53. The van der Waals surface area contributed by atoms with Gasteiger partial charge in [-0.2, -0.15) is 0 Å². The highest BCUT2D eigenvalue weighted by atomic mass is 79.9. The van der Waals surface area contributed by atoms with Gasteiger partial charge in [-0.1, -0.05) is 41.4 Å². The molecule has 0 heterocycles. The van der Waals surface area contributed by atoms with Crippen molar-refractivity contribution in [2.45, 2.75) is 27.2 Å². The van der Waals surface area contributed by atoms with Crippen LogP contribution in [0.1, 0.15) is 37.6 Å². The van der Waals surface area contributed by atoms with E-state index >= 15 is 0 Å². The molecule has 0 aliphatic carbocycles. The number of hydrogen-bond acceptors (Lipinski definition) is 2. The Morgan fingerprint density at radius 1 is 1.14 bits per heavy atom. The largest absolute Gasteiger partial charge is 0.339 e. The van der Waals surface area contributed by atoms with E-state index in [1.165, 1.54) is 0 Å². The maximum atomic E-state index is 12.6. The summed E-state index contributed by atoms with van der Waals surface area (Å²) in [6.45, 7) is 10.9. The summed E-state index contributed by atoms with van der Waals surface area (Å²) in [4.78, 5) is 16.8. The highest BCUT2D eigenvalue weighted by molar-refractivity contribution is 9.10. The molecule has 0 saturated carbocycles. The van der Waals surface area contributed by atoms with Crippen molar-refractivity contribution in [2.24, 2.45) is 0 Å². The van der Waals surface area contributed by atoms with Gasteiger partial charge < -0.3 is 9.80 Å². The fraction of sp³-hybridized carbons (Fsp3) is 0.562. The van der Waals surface area contributed by atoms with Gasteiger partial charge in [0.1, 0.15) is 0 Å². The van der Waals surface area contributed by atoms with E-state index in [0.717, 1.165) is 37.1 Å². The van der Waals surface area contributed by atoms with E-state index < -0.39 is 0 Å². The number of rotatable bonds is 8. The van der Waals surface area contributed by atoms with Gasteiger partial charge in [0.25, 0.3) is 5.91 Å². The zero-order valence-electron chi connectivity index (χ0n) is 13.0. The van der Waals surface area contributed by atoms with Gasteiger partial charge in [0, 0.05) is 17.6 Å². The molecule has 0 unspecified atom stereocenters. The molecule has 0 saturated heterocycles. The molecule has 0 bridgehead atoms. The van der Waals surface area contributed by atoms with Crippen LogP contribution in [0.4, 0.5) is 0 Å². The summed E-state index contributed by atoms with van der Waals surface area (Å²) in [6.07, 6.45) is 0.979. The Morgan fingerprint density at radius 2 is 1.81 bits per heavy atom. The zero-order chi connectivity index (χ0) is 15.8. The van der Waals surface area contributed by atoms with Crippen molar-refractivity contribution < 1.29 is 4.79 Å². The van der Waals surface area contributed by atoms with Crippen molar-refractivity contribution in [3.8, 4) is 0 Å². The summed E-state index contributed by atoms with van der Waals surface area (Å²) < 4.78 is 0.870. The molecule has 5 heteroatoms. The quantitative estimate of drug-likeness (QED) is 0.676. The summed E-state index contributed by atoms with van der Waals surface area (Å²) in [5.41, 5.74) is 0.565. The minimum Gasteiger partial charge on any atom is -0.339 e. The molecule has 1 aromatic carbocycles. The fourth-order valence-corrected chi connectivity index (χ4v) is 2.82. The van der Waals surface area contributed by atoms with E-state index in [1.807, 2.05) is 17.9 Å². The molecule has 118 valence electrons. The van der Waals surface area contributed by atoms with E-state index in [2.05, 4.69) is 34.7 Å². The van der Waals surface area contributed by atoms with Gasteiger partial charge in [0.05, 0.1) is 10.6 Å². The fourth-order valence-electron chi connectivity index (χ4n) is 2.26. The Balaban J connectivity index is 2.67. The predicted molar refractivity (Wildman–Crippen MR) is 93.1 cm³/mol. The highest BCUT2D eigenvalue weighted by Crippen LogP contribution is 2.22. The van der Waals surface area contributed by atoms with Crippen LogP contribution >= 0.6 is 27.5 Å². The van der Waals surface area contributed by atoms with Crippen LogP contribution in [0.25, 0.3) is 0 Å². The van der Waals surface area contributed by atoms with Gasteiger partial charge in [-0.25, -0.2) is 0 Å².